The van der Waals surface area contributed by atoms with Gasteiger partial charge in [-0.05, 0) is 12.1 Å². The second-order valence-corrected chi connectivity index (χ2v) is 4.81. The largest absolute Gasteiger partial charge is 0.350 e. The number of hydrogen-bond acceptors (Lipinski definition) is 1. The smallest absolute Gasteiger partial charge is 0.0511 e. The molecule has 0 N–H and O–H groups in total. The predicted molar refractivity (Wildman–Crippen MR) is 59.4 cm³/mol. The number of rotatable bonds is 0. The molecule has 0 amide bonds. The van der Waals surface area contributed by atoms with Crippen molar-refractivity contribution in [1.82, 2.24) is 9.55 Å². The summed E-state index contributed by atoms with van der Waals surface area (Å²) in [7, 11) is 2.06. The lowest BCUT2D eigenvalue weighted by Gasteiger charge is -2.17. The lowest BCUT2D eigenvalue weighted by atomic mass is 9.91. The monoisotopic (exact) mass is 188 g/mol. The third-order valence-corrected chi connectivity index (χ3v) is 2.54. The molecule has 74 valence electrons. The molecule has 0 aliphatic carbocycles. The van der Waals surface area contributed by atoms with Crippen LogP contribution in [0.25, 0.3) is 10.9 Å². The second kappa shape index (κ2) is 2.84. The Labute approximate surface area is 84.6 Å². The predicted octanol–water partition coefficient (Wildman–Crippen LogP) is 2.87. The summed E-state index contributed by atoms with van der Waals surface area (Å²) in [5.74, 6) is 0. The van der Waals surface area contributed by atoms with Crippen LogP contribution in [-0.4, -0.2) is 9.55 Å². The fourth-order valence-electron chi connectivity index (χ4n) is 1.57. The highest BCUT2D eigenvalue weighted by Crippen LogP contribution is 2.23. The molecule has 2 heterocycles. The van der Waals surface area contributed by atoms with Crippen molar-refractivity contribution in [2.45, 2.75) is 26.2 Å². The minimum Gasteiger partial charge on any atom is -0.350 e. The van der Waals surface area contributed by atoms with Gasteiger partial charge in [-0.2, -0.15) is 0 Å². The average molecular weight is 188 g/mol. The Morgan fingerprint density at radius 2 is 2.00 bits per heavy atom. The van der Waals surface area contributed by atoms with Crippen LogP contribution < -0.4 is 0 Å². The zero-order valence-corrected chi connectivity index (χ0v) is 9.20. The van der Waals surface area contributed by atoms with E-state index in [0.29, 0.717) is 0 Å². The van der Waals surface area contributed by atoms with Crippen LogP contribution in [0, 0.1) is 0 Å². The van der Waals surface area contributed by atoms with Crippen LogP contribution in [0.5, 0.6) is 0 Å². The summed E-state index contributed by atoms with van der Waals surface area (Å²) in [4.78, 5) is 4.48. The van der Waals surface area contributed by atoms with E-state index in [-0.39, 0.29) is 5.41 Å². The maximum Gasteiger partial charge on any atom is 0.0511 e. The van der Waals surface area contributed by atoms with Gasteiger partial charge in [0, 0.05) is 35.9 Å². The summed E-state index contributed by atoms with van der Waals surface area (Å²) >= 11 is 0. The Balaban J connectivity index is 2.66. The van der Waals surface area contributed by atoms with Crippen LogP contribution in [-0.2, 0) is 12.5 Å². The summed E-state index contributed by atoms with van der Waals surface area (Å²) in [6, 6.07) is 4.27. The summed E-state index contributed by atoms with van der Waals surface area (Å²) in [6.07, 6.45) is 4.02. The van der Waals surface area contributed by atoms with E-state index >= 15 is 0 Å². The van der Waals surface area contributed by atoms with Gasteiger partial charge in [-0.3, -0.25) is 4.98 Å². The van der Waals surface area contributed by atoms with Crippen LogP contribution in [0.15, 0.2) is 24.5 Å². The van der Waals surface area contributed by atoms with Gasteiger partial charge in [0.1, 0.15) is 0 Å². The summed E-state index contributed by atoms with van der Waals surface area (Å²) in [5, 5.41) is 1.21. The molecule has 0 aliphatic rings. The zero-order valence-electron chi connectivity index (χ0n) is 9.20. The zero-order chi connectivity index (χ0) is 10.3. The Morgan fingerprint density at radius 3 is 2.64 bits per heavy atom. The van der Waals surface area contributed by atoms with E-state index in [1.165, 1.54) is 10.9 Å². The van der Waals surface area contributed by atoms with E-state index < -0.39 is 0 Å². The maximum atomic E-state index is 4.48. The highest BCUT2D eigenvalue weighted by Gasteiger charge is 2.15. The maximum absolute atomic E-state index is 4.48. The minimum atomic E-state index is 0.123. The highest BCUT2D eigenvalue weighted by molar-refractivity contribution is 5.79. The highest BCUT2D eigenvalue weighted by atomic mass is 14.9. The number of nitrogens with zero attached hydrogens (tertiary/aromatic N) is 2. The van der Waals surface area contributed by atoms with E-state index in [4.69, 9.17) is 0 Å². The van der Waals surface area contributed by atoms with Gasteiger partial charge in [-0.25, -0.2) is 0 Å². The van der Waals surface area contributed by atoms with Crippen LogP contribution in [0.3, 0.4) is 0 Å². The van der Waals surface area contributed by atoms with E-state index in [9.17, 15) is 0 Å². The molecule has 14 heavy (non-hydrogen) atoms. The van der Waals surface area contributed by atoms with Gasteiger partial charge in [0.2, 0.25) is 0 Å². The minimum absolute atomic E-state index is 0.123. The Hall–Kier alpha value is -1.31. The van der Waals surface area contributed by atoms with Gasteiger partial charge < -0.3 is 4.57 Å². The van der Waals surface area contributed by atoms with Crippen molar-refractivity contribution in [3.63, 3.8) is 0 Å². The SMILES string of the molecule is Cn1ccc2cnc(C(C)(C)C)cc21. The lowest BCUT2D eigenvalue weighted by molar-refractivity contribution is 0.570. The molecule has 0 unspecified atom stereocenters. The van der Waals surface area contributed by atoms with Gasteiger partial charge >= 0.3 is 0 Å². The molecular formula is C12H16N2. The van der Waals surface area contributed by atoms with Crippen LogP contribution >= 0.6 is 0 Å². The van der Waals surface area contributed by atoms with Crippen molar-refractivity contribution >= 4 is 10.9 Å². The van der Waals surface area contributed by atoms with Crippen molar-refractivity contribution < 1.29 is 0 Å². The van der Waals surface area contributed by atoms with Gasteiger partial charge in [0.05, 0.1) is 5.52 Å². The summed E-state index contributed by atoms with van der Waals surface area (Å²) in [5.41, 5.74) is 2.52. The molecule has 0 atom stereocenters. The topological polar surface area (TPSA) is 17.8 Å². The fourth-order valence-corrected chi connectivity index (χ4v) is 1.57. The van der Waals surface area contributed by atoms with Crippen molar-refractivity contribution in [2.24, 2.45) is 7.05 Å². The molecule has 0 bridgehead atoms. The van der Waals surface area contributed by atoms with Gasteiger partial charge in [0.25, 0.3) is 0 Å². The number of aryl methyl sites for hydroxylation is 1. The van der Waals surface area contributed by atoms with E-state index in [1.807, 2.05) is 6.20 Å². The summed E-state index contributed by atoms with van der Waals surface area (Å²) < 4.78 is 2.13. The fraction of sp³-hybridized carbons (Fsp3) is 0.417. The van der Waals surface area contributed by atoms with Crippen molar-refractivity contribution in [1.29, 1.82) is 0 Å². The molecule has 2 aromatic heterocycles. The molecule has 0 saturated carbocycles. The van der Waals surface area contributed by atoms with E-state index in [2.05, 4.69) is 55.7 Å². The first-order chi connectivity index (χ1) is 6.48. The Kier molecular flexibility index (Phi) is 1.88. The molecule has 0 fully saturated rings. The molecular weight excluding hydrogens is 172 g/mol. The first-order valence-corrected chi connectivity index (χ1v) is 4.90. The number of hydrogen-bond donors (Lipinski definition) is 0. The molecule has 2 heteroatoms. The van der Waals surface area contributed by atoms with Crippen molar-refractivity contribution in [3.05, 3.63) is 30.2 Å². The lowest BCUT2D eigenvalue weighted by Crippen LogP contribution is -2.13. The third kappa shape index (κ3) is 1.41. The standard InChI is InChI=1S/C12H16N2/c1-12(2,3)11-7-10-9(8-13-11)5-6-14(10)4/h5-8H,1-4H3. The molecule has 0 aromatic carbocycles. The van der Waals surface area contributed by atoms with Crippen LogP contribution in [0.1, 0.15) is 26.5 Å². The number of pyridine rings is 1. The van der Waals surface area contributed by atoms with Crippen molar-refractivity contribution in [3.8, 4) is 0 Å². The van der Waals surface area contributed by atoms with E-state index in [1.54, 1.807) is 0 Å². The molecule has 2 aromatic rings. The van der Waals surface area contributed by atoms with Gasteiger partial charge in [0.15, 0.2) is 0 Å². The second-order valence-electron chi connectivity index (χ2n) is 4.81. The molecule has 2 nitrogen and oxygen atoms in total. The molecule has 2 rings (SSSR count). The van der Waals surface area contributed by atoms with Crippen LogP contribution in [0.4, 0.5) is 0 Å². The summed E-state index contributed by atoms with van der Waals surface area (Å²) in [6.45, 7) is 6.55. The molecule has 0 radical (unpaired) electrons. The van der Waals surface area contributed by atoms with Gasteiger partial charge in [-0.15, -0.1) is 0 Å². The molecule has 0 spiro atoms. The normalized spacial score (nSPS) is 12.3. The average Bonchev–Trinajstić information content (AvgIpc) is 2.46. The number of fused-ring (bicyclic) bond motifs is 1. The Morgan fingerprint density at radius 1 is 1.29 bits per heavy atom. The van der Waals surface area contributed by atoms with Gasteiger partial charge in [-0.1, -0.05) is 20.8 Å². The first-order valence-electron chi connectivity index (χ1n) is 4.90. The molecule has 0 saturated heterocycles. The third-order valence-electron chi connectivity index (χ3n) is 2.54. The molecule has 0 aliphatic heterocycles. The van der Waals surface area contributed by atoms with E-state index in [0.717, 1.165) is 5.69 Å². The Bertz CT molecular complexity index is 461. The quantitative estimate of drug-likeness (QED) is 0.621. The van der Waals surface area contributed by atoms with Crippen molar-refractivity contribution in [2.75, 3.05) is 0 Å². The van der Waals surface area contributed by atoms with Crippen LogP contribution in [0.2, 0.25) is 0 Å². The number of aromatic nitrogens is 2. The first kappa shape index (κ1) is 9.25.